The number of ketones is 3. The average molecular weight is 1060 g/mol. The number of pyridine rings is 2. The topological polar surface area (TPSA) is 278 Å². The lowest BCUT2D eigenvalue weighted by atomic mass is 9.81. The minimum atomic E-state index is -2.04. The highest BCUT2D eigenvalue weighted by molar-refractivity contribution is 7.59. The Bertz CT molecular complexity index is 2930. The van der Waals surface area contributed by atoms with Crippen LogP contribution in [0.4, 0.5) is 4.39 Å². The summed E-state index contributed by atoms with van der Waals surface area (Å²) in [6.45, 7) is 3.95. The number of nitrogens with zero attached hydrogens (tertiary/aromatic N) is 5. The molecule has 19 nitrogen and oxygen atoms in total. The van der Waals surface area contributed by atoms with Crippen molar-refractivity contribution in [3.05, 3.63) is 108 Å². The molecule has 7 rings (SSSR count). The molecule has 396 valence electrons. The number of azide groups is 1. The van der Waals surface area contributed by atoms with Crippen LogP contribution < -0.4 is 21.5 Å². The zero-order valence-electron chi connectivity index (χ0n) is 41.6. The second kappa shape index (κ2) is 26.2. The van der Waals surface area contributed by atoms with Gasteiger partial charge in [0, 0.05) is 71.6 Å². The van der Waals surface area contributed by atoms with Gasteiger partial charge in [0.25, 0.3) is 5.56 Å². The highest BCUT2D eigenvalue weighted by Crippen LogP contribution is 2.46. The van der Waals surface area contributed by atoms with Gasteiger partial charge in [-0.1, -0.05) is 55.7 Å². The largest absolute Gasteiger partial charge is 0.458 e. The van der Waals surface area contributed by atoms with E-state index in [-0.39, 0.29) is 127 Å². The number of rotatable bonds is 25. The molecule has 2 aliphatic heterocycles. The fourth-order valence-electron chi connectivity index (χ4n) is 9.81. The van der Waals surface area contributed by atoms with Gasteiger partial charge < -0.3 is 35.1 Å². The van der Waals surface area contributed by atoms with Crippen LogP contribution >= 0.6 is 27.0 Å². The number of hydrogen-bond donors (Lipinski definition) is 4. The van der Waals surface area contributed by atoms with E-state index in [4.69, 9.17) is 20.0 Å². The Labute approximate surface area is 440 Å². The van der Waals surface area contributed by atoms with Gasteiger partial charge in [0.2, 0.25) is 17.7 Å². The first kappa shape index (κ1) is 58.4. The van der Waals surface area contributed by atoms with E-state index in [1.807, 2.05) is 18.2 Å². The summed E-state index contributed by atoms with van der Waals surface area (Å²) >= 11 is 0. The number of Topliss-reactive ketones (excluding diaryl/α,β-unsaturated/α-hetero) is 3. The number of cyclic esters (lactones) is 1. The van der Waals surface area contributed by atoms with Gasteiger partial charge in [0.15, 0.2) is 17.2 Å². The van der Waals surface area contributed by atoms with Crippen molar-refractivity contribution < 1.29 is 52.5 Å². The third kappa shape index (κ3) is 13.3. The van der Waals surface area contributed by atoms with E-state index < -0.39 is 65.0 Å². The van der Waals surface area contributed by atoms with Crippen LogP contribution in [0.15, 0.2) is 52.4 Å². The Balaban J connectivity index is 0.00000507. The van der Waals surface area contributed by atoms with E-state index in [1.165, 1.54) is 10.6 Å². The van der Waals surface area contributed by atoms with Crippen LogP contribution in [0.25, 0.3) is 32.7 Å². The number of carbonyl (C=O) groups is 7. The lowest BCUT2D eigenvalue weighted by molar-refractivity contribution is -0.172. The molecule has 0 bridgehead atoms. The van der Waals surface area contributed by atoms with Crippen molar-refractivity contribution in [3.63, 3.8) is 0 Å². The van der Waals surface area contributed by atoms with Crippen LogP contribution in [0.5, 0.6) is 0 Å². The standard InChI is InChI=1S/C52H59FN8O11.2H2S/c1-4-52(70)38-22-42-48-36(26-61(42)50(68)37(38)27-72-51(52)69)47-40(14-13-35-30(3)39(53)23-41(59-48)46(35)47)58-45(66)28-71-19-17-33(62)24-56-49(67)32(20-31-11-6-5-7-12-31)21-34(63)25-55-44(65)16-15-43(64)29(2)10-8-9-18-57-60-54;;/h5-7,11-12,22-23,29,32,40,70H,4,8-10,13-21,24-28H2,1-3H3,(H,55,65)(H,56,67)(H,58,66);2*1H2/t29-,32-,40+,52+;;/m1../s1. The van der Waals surface area contributed by atoms with Crippen molar-refractivity contribution in [1.29, 1.82) is 0 Å². The van der Waals surface area contributed by atoms with Crippen molar-refractivity contribution in [2.24, 2.45) is 17.0 Å². The molecule has 0 unspecified atom stereocenters. The predicted octanol–water partition coefficient (Wildman–Crippen LogP) is 5.35. The van der Waals surface area contributed by atoms with Gasteiger partial charge in [-0.2, -0.15) is 27.0 Å². The van der Waals surface area contributed by atoms with E-state index in [1.54, 1.807) is 39.0 Å². The molecule has 4 N–H and O–H groups in total. The van der Waals surface area contributed by atoms with Crippen molar-refractivity contribution in [2.45, 2.75) is 116 Å². The van der Waals surface area contributed by atoms with Gasteiger partial charge in [-0.05, 0) is 79.3 Å². The predicted molar refractivity (Wildman–Crippen MR) is 280 cm³/mol. The van der Waals surface area contributed by atoms with Gasteiger partial charge in [-0.15, -0.1) is 0 Å². The molecule has 2 aromatic carbocycles. The number of benzene rings is 2. The van der Waals surface area contributed by atoms with Crippen molar-refractivity contribution in [3.8, 4) is 11.4 Å². The van der Waals surface area contributed by atoms with Crippen molar-refractivity contribution in [2.75, 3.05) is 32.8 Å². The normalized spacial score (nSPS) is 16.6. The summed E-state index contributed by atoms with van der Waals surface area (Å²) in [7, 11) is 0. The number of esters is 1. The molecule has 2 aromatic heterocycles. The minimum Gasteiger partial charge on any atom is -0.458 e. The Morgan fingerprint density at radius 2 is 1.74 bits per heavy atom. The average Bonchev–Trinajstić information content (AvgIpc) is 3.74. The second-order valence-corrected chi connectivity index (χ2v) is 18.8. The number of aryl methyl sites for hydroxylation is 1. The molecule has 0 radical (unpaired) electrons. The summed E-state index contributed by atoms with van der Waals surface area (Å²) in [5.74, 6) is -4.80. The number of halogens is 1. The van der Waals surface area contributed by atoms with Gasteiger partial charge in [-0.3, -0.25) is 33.6 Å². The number of amides is 3. The van der Waals surface area contributed by atoms with E-state index in [2.05, 4.69) is 26.0 Å². The van der Waals surface area contributed by atoms with E-state index in [0.717, 1.165) is 11.1 Å². The van der Waals surface area contributed by atoms with Crippen LogP contribution in [-0.4, -0.2) is 88.5 Å². The highest BCUT2D eigenvalue weighted by Gasteiger charge is 2.46. The third-order valence-corrected chi connectivity index (χ3v) is 13.9. The number of carbonyl (C=O) groups excluding carboxylic acids is 7. The van der Waals surface area contributed by atoms with Crippen molar-refractivity contribution in [1.82, 2.24) is 25.5 Å². The first-order valence-electron chi connectivity index (χ1n) is 24.4. The van der Waals surface area contributed by atoms with E-state index in [0.29, 0.717) is 77.6 Å². The molecule has 3 aliphatic rings. The van der Waals surface area contributed by atoms with Crippen molar-refractivity contribution >= 4 is 78.9 Å². The van der Waals surface area contributed by atoms with Crippen LogP contribution in [0, 0.1) is 24.6 Å². The Kier molecular flexibility index (Phi) is 20.7. The number of aromatic nitrogens is 2. The monoisotopic (exact) mass is 1060 g/mol. The maximum absolute atomic E-state index is 15.4. The number of ether oxygens (including phenoxy) is 2. The Morgan fingerprint density at radius 1 is 1.00 bits per heavy atom. The fourth-order valence-corrected chi connectivity index (χ4v) is 9.81. The quantitative estimate of drug-likeness (QED) is 0.0189. The van der Waals surface area contributed by atoms with E-state index >= 15 is 4.39 Å². The molecule has 3 amide bonds. The number of nitrogens with one attached hydrogen (secondary N) is 3. The Morgan fingerprint density at radius 3 is 2.47 bits per heavy atom. The summed E-state index contributed by atoms with van der Waals surface area (Å²) in [5, 5.41) is 23.7. The number of fused-ring (bicyclic) bond motifs is 5. The summed E-state index contributed by atoms with van der Waals surface area (Å²) in [6.07, 6.45) is 2.52. The first-order valence-corrected chi connectivity index (χ1v) is 24.4. The third-order valence-electron chi connectivity index (χ3n) is 13.9. The molecule has 4 atom stereocenters. The molecule has 0 spiro atoms. The zero-order valence-corrected chi connectivity index (χ0v) is 43.6. The molecule has 4 heterocycles. The number of hydrogen-bond acceptors (Lipinski definition) is 13. The maximum atomic E-state index is 15.4. The minimum absolute atomic E-state index is 0. The summed E-state index contributed by atoms with van der Waals surface area (Å²) in [5.41, 5.74) is 10.5. The second-order valence-electron chi connectivity index (χ2n) is 18.8. The van der Waals surface area contributed by atoms with Crippen LogP contribution in [-0.2, 0) is 74.6 Å². The SMILES string of the molecule is CC[C@@]1(O)C(=O)OCc2c1cc1n(c2=O)Cc2c-1nc1cc(F)c(C)c3c1c2[C@@H](NC(=O)COCCC(=O)CNC(=O)[C@@H](CC(=O)CNC(=O)CCC(=O)[C@H](C)CCCCN=[N+]=[N-])Cc1ccccc1)CC3.S.S. The molecule has 0 saturated carbocycles. The first-order chi connectivity index (χ1) is 34.5. The zero-order chi connectivity index (χ0) is 51.7. The van der Waals surface area contributed by atoms with Gasteiger partial charge in [0.1, 0.15) is 24.8 Å². The van der Waals surface area contributed by atoms with Crippen LogP contribution in [0.3, 0.4) is 0 Å². The molecule has 0 saturated heterocycles. The van der Waals surface area contributed by atoms with Gasteiger partial charge >= 0.3 is 5.97 Å². The number of aliphatic hydroxyl groups is 1. The highest BCUT2D eigenvalue weighted by atomic mass is 32.1. The number of unbranched alkanes of at least 4 members (excludes halogenated alkanes) is 1. The maximum Gasteiger partial charge on any atom is 0.343 e. The van der Waals surface area contributed by atoms with Gasteiger partial charge in [-0.25, -0.2) is 14.2 Å². The molecule has 4 aromatic rings. The molecule has 1 aliphatic carbocycles. The smallest absolute Gasteiger partial charge is 0.343 e. The van der Waals surface area contributed by atoms with Crippen LogP contribution in [0.2, 0.25) is 0 Å². The molecular weight excluding hydrogens is 996 g/mol. The van der Waals surface area contributed by atoms with Gasteiger partial charge in [0.05, 0.1) is 54.8 Å². The summed E-state index contributed by atoms with van der Waals surface area (Å²) in [4.78, 5) is 112. The lowest BCUT2D eigenvalue weighted by Crippen LogP contribution is -2.44. The van der Waals surface area contributed by atoms with E-state index in [9.17, 15) is 43.5 Å². The fraction of sp³-hybridized carbons (Fsp3) is 0.481. The molecule has 74 heavy (non-hydrogen) atoms. The summed E-state index contributed by atoms with van der Waals surface area (Å²) in [6, 6.07) is 11.3. The molecule has 0 fully saturated rings. The summed E-state index contributed by atoms with van der Waals surface area (Å²) < 4.78 is 27.7. The lowest BCUT2D eigenvalue weighted by Gasteiger charge is -2.31. The van der Waals surface area contributed by atoms with Crippen LogP contribution in [0.1, 0.15) is 117 Å². The Hall–Kier alpha value is -6.45. The molecular formula is C52H63FN8O11S2. The molecule has 22 heteroatoms.